The molecule has 0 heterocycles. The van der Waals surface area contributed by atoms with Crippen molar-refractivity contribution < 1.29 is 19.1 Å². The summed E-state index contributed by atoms with van der Waals surface area (Å²) >= 11 is 0. The number of amides is 1. The first-order chi connectivity index (χ1) is 8.42. The van der Waals surface area contributed by atoms with Gasteiger partial charge in [-0.25, -0.2) is 4.79 Å². The fourth-order valence-corrected chi connectivity index (χ4v) is 1.50. The van der Waals surface area contributed by atoms with Gasteiger partial charge < -0.3 is 14.4 Å². The molecule has 5 nitrogen and oxygen atoms in total. The maximum Gasteiger partial charge on any atom is 0.409 e. The van der Waals surface area contributed by atoms with Gasteiger partial charge >= 0.3 is 12.1 Å². The highest BCUT2D eigenvalue weighted by atomic mass is 16.6. The second-order valence-corrected chi connectivity index (χ2v) is 4.61. The number of carbonyl (C=O) groups is 2. The van der Waals surface area contributed by atoms with Gasteiger partial charge in [-0.05, 0) is 26.7 Å². The number of ether oxygens (including phenoxy) is 2. The largest absolute Gasteiger partial charge is 0.465 e. The van der Waals surface area contributed by atoms with Crippen molar-refractivity contribution in [1.82, 2.24) is 4.90 Å². The number of esters is 1. The molecule has 1 atom stereocenters. The van der Waals surface area contributed by atoms with Crippen molar-refractivity contribution in [2.24, 2.45) is 5.92 Å². The minimum Gasteiger partial charge on any atom is -0.465 e. The second kappa shape index (κ2) is 8.78. The SMILES string of the molecule is CCOC(=O)N(CC)C(C)CC(=O)OCC(C)C. The molecular formula is C13H25NO4. The van der Waals surface area contributed by atoms with Crippen LogP contribution in [0.25, 0.3) is 0 Å². The smallest absolute Gasteiger partial charge is 0.409 e. The summed E-state index contributed by atoms with van der Waals surface area (Å²) in [4.78, 5) is 24.7. The van der Waals surface area contributed by atoms with E-state index < -0.39 is 0 Å². The standard InChI is InChI=1S/C13H25NO4/c1-6-14(13(16)17-7-2)11(5)8-12(15)18-9-10(3)4/h10-11H,6-9H2,1-5H3. The maximum absolute atomic E-state index is 11.6. The van der Waals surface area contributed by atoms with Crippen LogP contribution in [0.1, 0.15) is 41.0 Å². The predicted molar refractivity (Wildman–Crippen MR) is 69.3 cm³/mol. The van der Waals surface area contributed by atoms with Crippen molar-refractivity contribution >= 4 is 12.1 Å². The van der Waals surface area contributed by atoms with Crippen molar-refractivity contribution in [3.63, 3.8) is 0 Å². The van der Waals surface area contributed by atoms with Gasteiger partial charge in [0, 0.05) is 12.6 Å². The molecule has 0 N–H and O–H groups in total. The lowest BCUT2D eigenvalue weighted by Gasteiger charge is -2.26. The van der Waals surface area contributed by atoms with Gasteiger partial charge in [-0.15, -0.1) is 0 Å². The zero-order chi connectivity index (χ0) is 14.1. The highest BCUT2D eigenvalue weighted by Crippen LogP contribution is 2.08. The average molecular weight is 259 g/mol. The maximum atomic E-state index is 11.6. The minimum absolute atomic E-state index is 0.194. The van der Waals surface area contributed by atoms with E-state index >= 15 is 0 Å². The summed E-state index contributed by atoms with van der Waals surface area (Å²) < 4.78 is 10.0. The van der Waals surface area contributed by atoms with Gasteiger partial charge in [0.2, 0.25) is 0 Å². The number of hydrogen-bond acceptors (Lipinski definition) is 4. The molecule has 0 bridgehead atoms. The lowest BCUT2D eigenvalue weighted by molar-refractivity contribution is -0.145. The Kier molecular flexibility index (Phi) is 8.16. The van der Waals surface area contributed by atoms with E-state index in [9.17, 15) is 9.59 Å². The Bertz CT molecular complexity index is 266. The molecule has 0 aliphatic heterocycles. The van der Waals surface area contributed by atoms with Crippen LogP contribution >= 0.6 is 0 Å². The predicted octanol–water partition coefficient (Wildman–Crippen LogP) is 2.44. The molecule has 0 aliphatic rings. The zero-order valence-electron chi connectivity index (χ0n) is 12.1. The Morgan fingerprint density at radius 2 is 1.72 bits per heavy atom. The molecule has 0 aromatic rings. The van der Waals surface area contributed by atoms with Crippen LogP contribution < -0.4 is 0 Å². The summed E-state index contributed by atoms with van der Waals surface area (Å²) in [5, 5.41) is 0. The summed E-state index contributed by atoms with van der Waals surface area (Å²) in [5.74, 6) is 0.0375. The van der Waals surface area contributed by atoms with E-state index in [0.717, 1.165) is 0 Å². The summed E-state index contributed by atoms with van der Waals surface area (Å²) in [6.45, 7) is 10.6. The van der Waals surface area contributed by atoms with Crippen LogP contribution in [0.4, 0.5) is 4.79 Å². The van der Waals surface area contributed by atoms with Gasteiger partial charge in [-0.3, -0.25) is 4.79 Å². The molecule has 106 valence electrons. The molecule has 0 saturated carbocycles. The van der Waals surface area contributed by atoms with Gasteiger partial charge in [-0.1, -0.05) is 13.8 Å². The zero-order valence-corrected chi connectivity index (χ0v) is 12.1. The summed E-state index contributed by atoms with van der Waals surface area (Å²) in [7, 11) is 0. The van der Waals surface area contributed by atoms with Gasteiger partial charge in [0.15, 0.2) is 0 Å². The Morgan fingerprint density at radius 3 is 2.17 bits per heavy atom. The molecule has 1 unspecified atom stereocenters. The molecule has 18 heavy (non-hydrogen) atoms. The number of hydrogen-bond donors (Lipinski definition) is 0. The summed E-state index contributed by atoms with van der Waals surface area (Å²) in [5.41, 5.74) is 0. The molecule has 0 fully saturated rings. The monoisotopic (exact) mass is 259 g/mol. The Balaban J connectivity index is 4.22. The van der Waals surface area contributed by atoms with Gasteiger partial charge in [0.25, 0.3) is 0 Å². The molecular weight excluding hydrogens is 234 g/mol. The fourth-order valence-electron chi connectivity index (χ4n) is 1.50. The van der Waals surface area contributed by atoms with E-state index in [1.807, 2.05) is 27.7 Å². The molecule has 0 radical (unpaired) electrons. The lowest BCUT2D eigenvalue weighted by atomic mass is 10.2. The second-order valence-electron chi connectivity index (χ2n) is 4.61. The molecule has 1 amide bonds. The summed E-state index contributed by atoms with van der Waals surface area (Å²) in [6, 6.07) is -0.214. The van der Waals surface area contributed by atoms with E-state index in [1.165, 1.54) is 4.90 Å². The van der Waals surface area contributed by atoms with Crippen LogP contribution in [0.3, 0.4) is 0 Å². The van der Waals surface area contributed by atoms with Crippen LogP contribution in [-0.2, 0) is 14.3 Å². The van der Waals surface area contributed by atoms with Crippen molar-refractivity contribution in [2.75, 3.05) is 19.8 Å². The van der Waals surface area contributed by atoms with E-state index in [4.69, 9.17) is 9.47 Å². The van der Waals surface area contributed by atoms with Crippen LogP contribution in [0.5, 0.6) is 0 Å². The molecule has 0 saturated heterocycles. The lowest BCUT2D eigenvalue weighted by Crippen LogP contribution is -2.40. The van der Waals surface area contributed by atoms with Crippen LogP contribution in [0, 0.1) is 5.92 Å². The van der Waals surface area contributed by atoms with E-state index in [2.05, 4.69) is 0 Å². The first kappa shape index (κ1) is 16.7. The topological polar surface area (TPSA) is 55.8 Å². The Hall–Kier alpha value is -1.26. The molecule has 5 heteroatoms. The van der Waals surface area contributed by atoms with Gasteiger partial charge in [0.05, 0.1) is 19.6 Å². The highest BCUT2D eigenvalue weighted by molar-refractivity contribution is 5.72. The van der Waals surface area contributed by atoms with Gasteiger partial charge in [-0.2, -0.15) is 0 Å². The van der Waals surface area contributed by atoms with E-state index in [-0.39, 0.29) is 24.5 Å². The highest BCUT2D eigenvalue weighted by Gasteiger charge is 2.22. The number of nitrogens with zero attached hydrogens (tertiary/aromatic N) is 1. The third kappa shape index (κ3) is 6.47. The first-order valence-electron chi connectivity index (χ1n) is 6.51. The van der Waals surface area contributed by atoms with E-state index in [0.29, 0.717) is 25.7 Å². The third-order valence-corrected chi connectivity index (χ3v) is 2.41. The number of carbonyl (C=O) groups excluding carboxylic acids is 2. The van der Waals surface area contributed by atoms with Crippen molar-refractivity contribution in [3.8, 4) is 0 Å². The Labute approximate surface area is 109 Å². The fraction of sp³-hybridized carbons (Fsp3) is 0.846. The molecule has 0 aliphatic carbocycles. The molecule has 0 aromatic heterocycles. The Morgan fingerprint density at radius 1 is 1.11 bits per heavy atom. The summed E-state index contributed by atoms with van der Waals surface area (Å²) in [6.07, 6.45) is -0.191. The van der Waals surface area contributed by atoms with Crippen LogP contribution in [0.2, 0.25) is 0 Å². The van der Waals surface area contributed by atoms with Gasteiger partial charge in [0.1, 0.15) is 0 Å². The van der Waals surface area contributed by atoms with Crippen LogP contribution in [0.15, 0.2) is 0 Å². The van der Waals surface area contributed by atoms with Crippen LogP contribution in [-0.4, -0.2) is 42.8 Å². The third-order valence-electron chi connectivity index (χ3n) is 2.41. The molecule has 0 spiro atoms. The van der Waals surface area contributed by atoms with Crippen molar-refractivity contribution in [3.05, 3.63) is 0 Å². The van der Waals surface area contributed by atoms with Crippen molar-refractivity contribution in [2.45, 2.75) is 47.1 Å². The minimum atomic E-state index is -0.385. The first-order valence-corrected chi connectivity index (χ1v) is 6.51. The van der Waals surface area contributed by atoms with E-state index in [1.54, 1.807) is 6.92 Å². The normalized spacial score (nSPS) is 12.1. The number of rotatable bonds is 7. The quantitative estimate of drug-likeness (QED) is 0.659. The molecule has 0 rings (SSSR count). The average Bonchev–Trinajstić information content (AvgIpc) is 2.27. The van der Waals surface area contributed by atoms with Crippen molar-refractivity contribution in [1.29, 1.82) is 0 Å². The molecule has 0 aromatic carbocycles.